The highest BCUT2D eigenvalue weighted by atomic mass is 32.2. The van der Waals surface area contributed by atoms with Crippen molar-refractivity contribution < 1.29 is 8.42 Å². The van der Waals surface area contributed by atoms with Crippen molar-refractivity contribution in [1.82, 2.24) is 0 Å². The Hall–Kier alpha value is -0.520. The van der Waals surface area contributed by atoms with E-state index in [1.165, 1.54) is 6.26 Å². The lowest BCUT2D eigenvalue weighted by Gasteiger charge is -2.06. The van der Waals surface area contributed by atoms with Gasteiger partial charge in [-0.05, 0) is 24.6 Å². The van der Waals surface area contributed by atoms with Gasteiger partial charge in [0.05, 0.1) is 5.75 Å². The predicted octanol–water partition coefficient (Wildman–Crippen LogP) is 1.84. The monoisotopic (exact) mass is 259 g/mol. The molecular formula is C11H17NO2S2. The van der Waals surface area contributed by atoms with Crippen LogP contribution < -0.4 is 5.73 Å². The molecule has 3 nitrogen and oxygen atoms in total. The van der Waals surface area contributed by atoms with Gasteiger partial charge in [0.2, 0.25) is 0 Å². The summed E-state index contributed by atoms with van der Waals surface area (Å²) in [5.74, 6) is 0.809. The molecule has 0 bridgehead atoms. The highest BCUT2D eigenvalue weighted by Crippen LogP contribution is 2.20. The molecule has 0 amide bonds. The summed E-state index contributed by atoms with van der Waals surface area (Å²) in [7, 11) is -2.86. The van der Waals surface area contributed by atoms with E-state index in [2.05, 4.69) is 0 Å². The molecule has 5 heteroatoms. The first kappa shape index (κ1) is 13.5. The quantitative estimate of drug-likeness (QED) is 0.820. The topological polar surface area (TPSA) is 60.2 Å². The number of hydrogen-bond acceptors (Lipinski definition) is 4. The molecule has 0 aliphatic rings. The molecule has 0 radical (unpaired) electrons. The molecule has 0 aliphatic carbocycles. The molecule has 0 saturated carbocycles. The Morgan fingerprint density at radius 1 is 1.31 bits per heavy atom. The van der Waals surface area contributed by atoms with Crippen LogP contribution in [0.2, 0.25) is 0 Å². The molecule has 0 aromatic heterocycles. The molecule has 1 rings (SSSR count). The number of benzene rings is 1. The first-order valence-electron chi connectivity index (χ1n) is 5.04. The fourth-order valence-corrected chi connectivity index (χ4v) is 3.29. The summed E-state index contributed by atoms with van der Waals surface area (Å²) >= 11 is 1.55. The Labute approximate surface area is 101 Å². The molecule has 2 N–H and O–H groups in total. The van der Waals surface area contributed by atoms with Crippen LogP contribution in [0.1, 0.15) is 18.5 Å². The van der Waals surface area contributed by atoms with Crippen LogP contribution in [0.5, 0.6) is 0 Å². The molecule has 16 heavy (non-hydrogen) atoms. The van der Waals surface area contributed by atoms with Gasteiger partial charge >= 0.3 is 0 Å². The van der Waals surface area contributed by atoms with Crippen molar-refractivity contribution in [3.05, 3.63) is 29.8 Å². The van der Waals surface area contributed by atoms with Crippen molar-refractivity contribution in [1.29, 1.82) is 0 Å². The lowest BCUT2D eigenvalue weighted by atomic mass is 10.1. The molecule has 0 unspecified atom stereocenters. The van der Waals surface area contributed by atoms with E-state index in [0.717, 1.165) is 10.5 Å². The first-order valence-corrected chi connectivity index (χ1v) is 8.09. The van der Waals surface area contributed by atoms with Crippen LogP contribution in [0.4, 0.5) is 0 Å². The average molecular weight is 259 g/mol. The average Bonchev–Trinajstić information content (AvgIpc) is 2.16. The smallest absolute Gasteiger partial charge is 0.148 e. The van der Waals surface area contributed by atoms with Crippen LogP contribution in [0.3, 0.4) is 0 Å². The second-order valence-electron chi connectivity index (χ2n) is 3.84. The molecule has 90 valence electrons. The van der Waals surface area contributed by atoms with Crippen LogP contribution in [-0.4, -0.2) is 26.2 Å². The summed E-state index contributed by atoms with van der Waals surface area (Å²) in [6.45, 7) is 1.94. The van der Waals surface area contributed by atoms with Gasteiger partial charge in [-0.25, -0.2) is 8.42 Å². The van der Waals surface area contributed by atoms with Gasteiger partial charge in [-0.3, -0.25) is 0 Å². The third-order valence-electron chi connectivity index (χ3n) is 2.13. The van der Waals surface area contributed by atoms with E-state index >= 15 is 0 Å². The Morgan fingerprint density at radius 3 is 2.31 bits per heavy atom. The van der Waals surface area contributed by atoms with Crippen LogP contribution in [0.25, 0.3) is 0 Å². The maximum absolute atomic E-state index is 10.9. The van der Waals surface area contributed by atoms with E-state index in [9.17, 15) is 8.42 Å². The Morgan fingerprint density at radius 2 is 1.88 bits per heavy atom. The van der Waals surface area contributed by atoms with Gasteiger partial charge in [-0.1, -0.05) is 12.1 Å². The van der Waals surface area contributed by atoms with E-state index in [1.54, 1.807) is 11.8 Å². The maximum atomic E-state index is 10.9. The van der Waals surface area contributed by atoms with Crippen molar-refractivity contribution in [3.63, 3.8) is 0 Å². The van der Waals surface area contributed by atoms with E-state index in [0.29, 0.717) is 5.75 Å². The first-order chi connectivity index (χ1) is 7.38. The summed E-state index contributed by atoms with van der Waals surface area (Å²) in [5.41, 5.74) is 6.83. The standard InChI is InChI=1S/C11H17NO2S2/c1-9(12)10-3-5-11(6-4-10)15-7-8-16(2,13)14/h3-6,9H,7-8,12H2,1-2H3/t9-/m1/s1. The second kappa shape index (κ2) is 5.70. The molecule has 1 aromatic carbocycles. The number of sulfone groups is 1. The van der Waals surface area contributed by atoms with Gasteiger partial charge in [-0.2, -0.15) is 0 Å². The third kappa shape index (κ3) is 5.01. The highest BCUT2D eigenvalue weighted by Gasteiger charge is 2.03. The lowest BCUT2D eigenvalue weighted by molar-refractivity contribution is 0.603. The van der Waals surface area contributed by atoms with Crippen molar-refractivity contribution >= 4 is 21.6 Å². The highest BCUT2D eigenvalue weighted by molar-refractivity contribution is 8.00. The van der Waals surface area contributed by atoms with E-state index in [-0.39, 0.29) is 11.8 Å². The number of nitrogens with two attached hydrogens (primary N) is 1. The maximum Gasteiger partial charge on any atom is 0.148 e. The summed E-state index contributed by atoms with van der Waals surface area (Å²) in [6, 6.07) is 7.95. The molecule has 0 aliphatic heterocycles. The fourth-order valence-electron chi connectivity index (χ4n) is 1.18. The van der Waals surface area contributed by atoms with Gasteiger partial charge in [-0.15, -0.1) is 11.8 Å². The van der Waals surface area contributed by atoms with Crippen LogP contribution in [-0.2, 0) is 9.84 Å². The molecule has 0 heterocycles. The van der Waals surface area contributed by atoms with E-state index < -0.39 is 9.84 Å². The van der Waals surface area contributed by atoms with Gasteiger partial charge in [0, 0.05) is 22.9 Å². The molecule has 0 fully saturated rings. The molecule has 1 aromatic rings. The fraction of sp³-hybridized carbons (Fsp3) is 0.455. The minimum atomic E-state index is -2.86. The predicted molar refractivity (Wildman–Crippen MR) is 69.5 cm³/mol. The molecule has 1 atom stereocenters. The van der Waals surface area contributed by atoms with Gasteiger partial charge < -0.3 is 5.73 Å². The number of hydrogen-bond donors (Lipinski definition) is 1. The van der Waals surface area contributed by atoms with Crippen molar-refractivity contribution in [2.24, 2.45) is 5.73 Å². The summed E-state index contributed by atoms with van der Waals surface area (Å²) < 4.78 is 21.9. The number of rotatable bonds is 5. The van der Waals surface area contributed by atoms with Gasteiger partial charge in [0.1, 0.15) is 9.84 Å². The summed E-state index contributed by atoms with van der Waals surface area (Å²) in [6.07, 6.45) is 1.26. The van der Waals surface area contributed by atoms with Crippen LogP contribution in [0.15, 0.2) is 29.2 Å². The Bertz CT molecular complexity index is 424. The zero-order valence-corrected chi connectivity index (χ0v) is 11.1. The van der Waals surface area contributed by atoms with Crippen LogP contribution in [0, 0.1) is 0 Å². The van der Waals surface area contributed by atoms with Crippen molar-refractivity contribution in [3.8, 4) is 0 Å². The number of thioether (sulfide) groups is 1. The third-order valence-corrected chi connectivity index (χ3v) is 4.35. The molecular weight excluding hydrogens is 242 g/mol. The largest absolute Gasteiger partial charge is 0.324 e. The minimum Gasteiger partial charge on any atom is -0.324 e. The Balaban J connectivity index is 2.50. The van der Waals surface area contributed by atoms with Gasteiger partial charge in [0.25, 0.3) is 0 Å². The van der Waals surface area contributed by atoms with Gasteiger partial charge in [0.15, 0.2) is 0 Å². The SMILES string of the molecule is C[C@@H](N)c1ccc(SCCS(C)(=O)=O)cc1. The van der Waals surface area contributed by atoms with E-state index in [4.69, 9.17) is 5.73 Å². The lowest BCUT2D eigenvalue weighted by Crippen LogP contribution is -2.05. The Kier molecular flexibility index (Phi) is 4.83. The summed E-state index contributed by atoms with van der Waals surface area (Å²) in [5, 5.41) is 0. The van der Waals surface area contributed by atoms with Crippen LogP contribution >= 0.6 is 11.8 Å². The normalized spacial score (nSPS) is 13.7. The zero-order valence-electron chi connectivity index (χ0n) is 9.51. The molecule has 0 spiro atoms. The summed E-state index contributed by atoms with van der Waals surface area (Å²) in [4.78, 5) is 1.08. The second-order valence-corrected chi connectivity index (χ2v) is 7.26. The van der Waals surface area contributed by atoms with Crippen molar-refractivity contribution in [2.45, 2.75) is 17.9 Å². The van der Waals surface area contributed by atoms with Crippen molar-refractivity contribution in [2.75, 3.05) is 17.8 Å². The zero-order chi connectivity index (χ0) is 12.2. The molecule has 0 saturated heterocycles. The minimum absolute atomic E-state index is 0.0371. The van der Waals surface area contributed by atoms with E-state index in [1.807, 2.05) is 31.2 Å².